The molecular formula is C17H19NO6. The lowest BCUT2D eigenvalue weighted by molar-refractivity contribution is 0.0527. The lowest BCUT2D eigenvalue weighted by Gasteiger charge is -2.19. The van der Waals surface area contributed by atoms with Crippen LogP contribution in [0.3, 0.4) is 0 Å². The van der Waals surface area contributed by atoms with Gasteiger partial charge in [-0.3, -0.25) is 0 Å². The van der Waals surface area contributed by atoms with Crippen LogP contribution in [0.1, 0.15) is 53.5 Å². The Kier molecular flexibility index (Phi) is 6.36. The molecule has 0 aromatic heterocycles. The lowest BCUT2D eigenvalue weighted by atomic mass is 10.0. The van der Waals surface area contributed by atoms with Crippen LogP contribution in [0.25, 0.3) is 0 Å². The van der Waals surface area contributed by atoms with Gasteiger partial charge in [0, 0.05) is 18.5 Å². The van der Waals surface area contributed by atoms with Crippen molar-refractivity contribution >= 4 is 18.0 Å². The molecule has 0 saturated carbocycles. The number of amides is 1. The third kappa shape index (κ3) is 6.40. The number of carbonyl (C=O) groups excluding carboxylic acids is 1. The fourth-order valence-corrected chi connectivity index (χ4v) is 1.66. The fourth-order valence-electron chi connectivity index (χ4n) is 1.66. The van der Waals surface area contributed by atoms with Gasteiger partial charge in [0.05, 0.1) is 11.1 Å². The van der Waals surface area contributed by atoms with Gasteiger partial charge in [-0.05, 0) is 39.0 Å². The van der Waals surface area contributed by atoms with Crippen LogP contribution >= 0.6 is 0 Å². The van der Waals surface area contributed by atoms with Crippen LogP contribution < -0.4 is 5.32 Å². The smallest absolute Gasteiger partial charge is 0.407 e. The highest BCUT2D eigenvalue weighted by atomic mass is 16.6. The first-order valence-corrected chi connectivity index (χ1v) is 7.16. The monoisotopic (exact) mass is 333 g/mol. The first-order chi connectivity index (χ1) is 11.1. The molecule has 0 aliphatic heterocycles. The number of carboxylic acid groups (broad SMARTS) is 2. The van der Waals surface area contributed by atoms with Gasteiger partial charge in [0.2, 0.25) is 0 Å². The Bertz CT molecular complexity index is 706. The topological polar surface area (TPSA) is 113 Å². The van der Waals surface area contributed by atoms with E-state index in [0.717, 1.165) is 6.07 Å². The molecule has 1 aromatic rings. The van der Waals surface area contributed by atoms with Crippen molar-refractivity contribution in [2.45, 2.75) is 32.8 Å². The van der Waals surface area contributed by atoms with Gasteiger partial charge in [-0.25, -0.2) is 14.4 Å². The third-order valence-electron chi connectivity index (χ3n) is 2.64. The molecule has 0 saturated heterocycles. The molecule has 0 aliphatic carbocycles. The molecule has 0 heterocycles. The second-order valence-corrected chi connectivity index (χ2v) is 5.85. The Hall–Kier alpha value is -3.01. The summed E-state index contributed by atoms with van der Waals surface area (Å²) in [4.78, 5) is 33.5. The third-order valence-corrected chi connectivity index (χ3v) is 2.64. The molecule has 1 rings (SSSR count). The molecule has 0 bridgehead atoms. The molecule has 0 aliphatic rings. The van der Waals surface area contributed by atoms with Crippen molar-refractivity contribution in [2.75, 3.05) is 6.54 Å². The van der Waals surface area contributed by atoms with Crippen molar-refractivity contribution < 1.29 is 29.3 Å². The standard InChI is InChI=1S/C17H19NO6/c1-17(2,3)24-16(23)18-9-5-4-6-11-7-8-12(14(19)20)10-13(11)15(21)22/h7-8,10H,5,9H2,1-3H3,(H,18,23)(H,19,20)(H,21,22). The van der Waals surface area contributed by atoms with Crippen LogP contribution in [-0.4, -0.2) is 40.4 Å². The molecule has 24 heavy (non-hydrogen) atoms. The maximum Gasteiger partial charge on any atom is 0.407 e. The van der Waals surface area contributed by atoms with Crippen molar-refractivity contribution in [3.05, 3.63) is 34.9 Å². The summed E-state index contributed by atoms with van der Waals surface area (Å²) in [5.41, 5.74) is -0.672. The summed E-state index contributed by atoms with van der Waals surface area (Å²) in [6.07, 6.45) is -0.264. The second kappa shape index (κ2) is 8.02. The van der Waals surface area contributed by atoms with Gasteiger partial charge in [0.1, 0.15) is 5.60 Å². The number of rotatable bonds is 4. The van der Waals surface area contributed by atoms with Crippen molar-refractivity contribution in [2.24, 2.45) is 0 Å². The van der Waals surface area contributed by atoms with E-state index in [4.69, 9.17) is 14.9 Å². The Morgan fingerprint density at radius 1 is 1.17 bits per heavy atom. The van der Waals surface area contributed by atoms with Crippen LogP contribution in [0, 0.1) is 11.8 Å². The van der Waals surface area contributed by atoms with Crippen LogP contribution in [0.2, 0.25) is 0 Å². The number of alkyl carbamates (subject to hydrolysis) is 1. The average Bonchev–Trinajstić information content (AvgIpc) is 2.44. The summed E-state index contributed by atoms with van der Waals surface area (Å²) in [6, 6.07) is 3.70. The van der Waals surface area contributed by atoms with E-state index in [2.05, 4.69) is 17.2 Å². The van der Waals surface area contributed by atoms with E-state index in [1.807, 2.05) is 0 Å². The number of hydrogen-bond acceptors (Lipinski definition) is 4. The molecule has 3 N–H and O–H groups in total. The van der Waals surface area contributed by atoms with Crippen molar-refractivity contribution in [3.63, 3.8) is 0 Å². The highest BCUT2D eigenvalue weighted by molar-refractivity contribution is 5.95. The number of benzene rings is 1. The Morgan fingerprint density at radius 2 is 1.83 bits per heavy atom. The normalized spacial score (nSPS) is 10.3. The van der Waals surface area contributed by atoms with E-state index in [1.165, 1.54) is 12.1 Å². The molecule has 1 amide bonds. The number of hydrogen-bond donors (Lipinski definition) is 3. The minimum atomic E-state index is -1.26. The largest absolute Gasteiger partial charge is 0.478 e. The number of aromatic carboxylic acids is 2. The number of carboxylic acids is 2. The average molecular weight is 333 g/mol. The maximum absolute atomic E-state index is 11.4. The summed E-state index contributed by atoms with van der Waals surface area (Å²) in [7, 11) is 0. The predicted octanol–water partition coefficient (Wildman–Crippen LogP) is 2.35. The molecule has 0 atom stereocenters. The first kappa shape index (κ1) is 19.0. The molecule has 0 spiro atoms. The van der Waals surface area contributed by atoms with E-state index >= 15 is 0 Å². The van der Waals surface area contributed by atoms with Crippen molar-refractivity contribution in [1.29, 1.82) is 0 Å². The summed E-state index contributed by atoms with van der Waals surface area (Å²) < 4.78 is 5.06. The molecule has 0 unspecified atom stereocenters. The molecule has 7 heteroatoms. The lowest BCUT2D eigenvalue weighted by Crippen LogP contribution is -2.32. The van der Waals surface area contributed by atoms with Crippen LogP contribution in [0.5, 0.6) is 0 Å². The minimum Gasteiger partial charge on any atom is -0.478 e. The van der Waals surface area contributed by atoms with Gasteiger partial charge < -0.3 is 20.3 Å². The number of ether oxygens (including phenoxy) is 1. The van der Waals surface area contributed by atoms with Gasteiger partial charge in [0.15, 0.2) is 0 Å². The van der Waals surface area contributed by atoms with Crippen LogP contribution in [0.4, 0.5) is 4.79 Å². The highest BCUT2D eigenvalue weighted by Crippen LogP contribution is 2.12. The molecule has 0 fully saturated rings. The minimum absolute atomic E-state index is 0.121. The first-order valence-electron chi connectivity index (χ1n) is 7.16. The zero-order valence-corrected chi connectivity index (χ0v) is 13.7. The van der Waals surface area contributed by atoms with Gasteiger partial charge in [-0.1, -0.05) is 11.8 Å². The van der Waals surface area contributed by atoms with Crippen molar-refractivity contribution in [3.8, 4) is 11.8 Å². The maximum atomic E-state index is 11.4. The van der Waals surface area contributed by atoms with Gasteiger partial charge in [-0.2, -0.15) is 0 Å². The molecular weight excluding hydrogens is 314 g/mol. The highest BCUT2D eigenvalue weighted by Gasteiger charge is 2.15. The van der Waals surface area contributed by atoms with Gasteiger partial charge in [0.25, 0.3) is 0 Å². The Morgan fingerprint density at radius 3 is 2.38 bits per heavy atom. The second-order valence-electron chi connectivity index (χ2n) is 5.85. The van der Waals surface area contributed by atoms with E-state index in [9.17, 15) is 14.4 Å². The SMILES string of the molecule is CC(C)(C)OC(=O)NCCC#Cc1ccc(C(=O)O)cc1C(=O)O. The zero-order chi connectivity index (χ0) is 18.3. The molecule has 7 nitrogen and oxygen atoms in total. The number of carbonyl (C=O) groups is 3. The Labute approximate surface area is 139 Å². The quantitative estimate of drug-likeness (QED) is 0.576. The molecule has 0 radical (unpaired) electrons. The zero-order valence-electron chi connectivity index (χ0n) is 13.7. The summed E-state index contributed by atoms with van der Waals surface area (Å²) in [6.45, 7) is 5.50. The fraction of sp³-hybridized carbons (Fsp3) is 0.353. The van der Waals surface area contributed by atoms with Crippen LogP contribution in [0.15, 0.2) is 18.2 Å². The molecule has 128 valence electrons. The van der Waals surface area contributed by atoms with E-state index < -0.39 is 23.6 Å². The number of nitrogens with one attached hydrogen (secondary N) is 1. The summed E-state index contributed by atoms with van der Waals surface area (Å²) in [5, 5.41) is 20.5. The summed E-state index contributed by atoms with van der Waals surface area (Å²) in [5.74, 6) is 2.93. The van der Waals surface area contributed by atoms with E-state index in [-0.39, 0.29) is 23.2 Å². The van der Waals surface area contributed by atoms with E-state index in [1.54, 1.807) is 20.8 Å². The van der Waals surface area contributed by atoms with Crippen molar-refractivity contribution in [1.82, 2.24) is 5.32 Å². The van der Waals surface area contributed by atoms with Crippen LogP contribution in [-0.2, 0) is 4.74 Å². The van der Waals surface area contributed by atoms with Gasteiger partial charge >= 0.3 is 18.0 Å². The predicted molar refractivity (Wildman–Crippen MR) is 86.1 cm³/mol. The van der Waals surface area contributed by atoms with Gasteiger partial charge in [-0.15, -0.1) is 0 Å². The Balaban J connectivity index is 2.68. The summed E-state index contributed by atoms with van der Waals surface area (Å²) >= 11 is 0. The van der Waals surface area contributed by atoms with E-state index in [0.29, 0.717) is 6.42 Å². The molecule has 1 aromatic carbocycles.